The Bertz CT molecular complexity index is 490. The molecule has 1 rings (SSSR count). The maximum Gasteiger partial charge on any atom is 0.303 e. The van der Waals surface area contributed by atoms with E-state index in [4.69, 9.17) is 18.9 Å². The van der Waals surface area contributed by atoms with Crippen LogP contribution in [-0.2, 0) is 28.5 Å². The summed E-state index contributed by atoms with van der Waals surface area (Å²) in [4.78, 5) is 22.3. The summed E-state index contributed by atoms with van der Waals surface area (Å²) in [7, 11) is 0. The molecule has 30 heavy (non-hydrogen) atoms. The van der Waals surface area contributed by atoms with E-state index in [-0.39, 0.29) is 6.61 Å². The van der Waals surface area contributed by atoms with Crippen LogP contribution in [0.5, 0.6) is 0 Å². The van der Waals surface area contributed by atoms with Crippen LogP contribution < -0.4 is 0 Å². The fourth-order valence-electron chi connectivity index (χ4n) is 3.50. The van der Waals surface area contributed by atoms with Crippen molar-refractivity contribution in [2.75, 3.05) is 13.2 Å². The molecule has 3 atom stereocenters. The number of carbonyl (C=O) groups excluding carboxylic acids is 2. The van der Waals surface area contributed by atoms with Crippen molar-refractivity contribution in [2.45, 2.75) is 116 Å². The Kier molecular flexibility index (Phi) is 15.4. The lowest BCUT2D eigenvalue weighted by Gasteiger charge is -2.31. The Morgan fingerprint density at radius 1 is 0.800 bits per heavy atom. The highest BCUT2D eigenvalue weighted by Gasteiger charge is 2.30. The fraction of sp³-hybridized carbons (Fsp3) is 0.833. The maximum atomic E-state index is 11.2. The summed E-state index contributed by atoms with van der Waals surface area (Å²) in [6.07, 6.45) is 17.5. The molecule has 0 aromatic heterocycles. The Morgan fingerprint density at radius 2 is 1.37 bits per heavy atom. The third-order valence-electron chi connectivity index (χ3n) is 5.17. The van der Waals surface area contributed by atoms with Crippen LogP contribution in [0.15, 0.2) is 12.2 Å². The summed E-state index contributed by atoms with van der Waals surface area (Å²) in [6, 6.07) is 0. The van der Waals surface area contributed by atoms with Gasteiger partial charge in [-0.2, -0.15) is 0 Å². The van der Waals surface area contributed by atoms with Gasteiger partial charge in [-0.25, -0.2) is 0 Å². The highest BCUT2D eigenvalue weighted by Crippen LogP contribution is 2.18. The van der Waals surface area contributed by atoms with Crippen LogP contribution in [0.25, 0.3) is 0 Å². The third kappa shape index (κ3) is 13.8. The molecule has 0 unspecified atom stereocenters. The van der Waals surface area contributed by atoms with Crippen molar-refractivity contribution < 1.29 is 28.5 Å². The van der Waals surface area contributed by atoms with Gasteiger partial charge in [0, 0.05) is 13.8 Å². The van der Waals surface area contributed by atoms with E-state index < -0.39 is 30.4 Å². The van der Waals surface area contributed by atoms with E-state index in [0.29, 0.717) is 6.61 Å². The van der Waals surface area contributed by atoms with E-state index in [1.165, 1.54) is 78.1 Å². The molecular formula is C24H42O6. The minimum atomic E-state index is -0.576. The van der Waals surface area contributed by atoms with Gasteiger partial charge in [-0.3, -0.25) is 9.59 Å². The Balaban J connectivity index is 2.09. The number of carbonyl (C=O) groups is 2. The highest BCUT2D eigenvalue weighted by molar-refractivity contribution is 5.66. The number of unbranched alkanes of at least 4 members (excludes halogenated alkanes) is 11. The van der Waals surface area contributed by atoms with Gasteiger partial charge in [0.25, 0.3) is 0 Å². The Labute approximate surface area is 182 Å². The van der Waals surface area contributed by atoms with Crippen LogP contribution in [-0.4, -0.2) is 43.7 Å². The average molecular weight is 427 g/mol. The molecule has 0 saturated carbocycles. The predicted octanol–water partition coefficient (Wildman–Crippen LogP) is 5.48. The van der Waals surface area contributed by atoms with Crippen LogP contribution in [0, 0.1) is 0 Å². The number of esters is 2. The second kappa shape index (κ2) is 17.3. The van der Waals surface area contributed by atoms with Gasteiger partial charge in [-0.1, -0.05) is 77.6 Å². The van der Waals surface area contributed by atoms with Crippen molar-refractivity contribution in [1.29, 1.82) is 0 Å². The van der Waals surface area contributed by atoms with E-state index in [1.807, 2.05) is 0 Å². The molecule has 0 radical (unpaired) electrons. The average Bonchev–Trinajstić information content (AvgIpc) is 2.70. The van der Waals surface area contributed by atoms with Crippen molar-refractivity contribution in [1.82, 2.24) is 0 Å². The standard InChI is InChI=1S/C24H42O6/c1-4-5-6-7-8-9-10-11-12-13-14-15-18-27-24-17-16-22(29-21(3)26)23(30-24)19-28-20(2)25/h16-17,22-24H,4-15,18-19H2,1-3H3/t22-,23+,24-/m0/s1. The molecule has 174 valence electrons. The molecule has 6 nitrogen and oxygen atoms in total. The summed E-state index contributed by atoms with van der Waals surface area (Å²) < 4.78 is 21.8. The first kappa shape index (κ1) is 26.6. The fourth-order valence-corrected chi connectivity index (χ4v) is 3.50. The van der Waals surface area contributed by atoms with E-state index in [1.54, 1.807) is 12.2 Å². The molecule has 1 aliphatic heterocycles. The van der Waals surface area contributed by atoms with Gasteiger partial charge < -0.3 is 18.9 Å². The number of ether oxygens (including phenoxy) is 4. The molecule has 1 heterocycles. The van der Waals surface area contributed by atoms with Crippen molar-refractivity contribution in [2.24, 2.45) is 0 Å². The van der Waals surface area contributed by atoms with Crippen molar-refractivity contribution in [3.05, 3.63) is 12.2 Å². The molecule has 0 aromatic rings. The van der Waals surface area contributed by atoms with Crippen LogP contribution in [0.2, 0.25) is 0 Å². The van der Waals surface area contributed by atoms with E-state index in [0.717, 1.165) is 12.8 Å². The zero-order valence-corrected chi connectivity index (χ0v) is 19.2. The lowest BCUT2D eigenvalue weighted by Crippen LogP contribution is -2.42. The molecule has 0 amide bonds. The zero-order chi connectivity index (χ0) is 22.0. The maximum absolute atomic E-state index is 11.2. The smallest absolute Gasteiger partial charge is 0.303 e. The normalized spacial score (nSPS) is 20.8. The number of hydrogen-bond donors (Lipinski definition) is 0. The Hall–Kier alpha value is -1.40. The first-order valence-electron chi connectivity index (χ1n) is 11.8. The summed E-state index contributed by atoms with van der Waals surface area (Å²) in [5, 5.41) is 0. The van der Waals surface area contributed by atoms with Gasteiger partial charge in [-0.05, 0) is 18.6 Å². The largest absolute Gasteiger partial charge is 0.463 e. The molecule has 6 heteroatoms. The van der Waals surface area contributed by atoms with E-state index in [9.17, 15) is 9.59 Å². The molecular weight excluding hydrogens is 384 g/mol. The van der Waals surface area contributed by atoms with Gasteiger partial charge in [0.05, 0.1) is 6.61 Å². The summed E-state index contributed by atoms with van der Waals surface area (Å²) in [5.74, 6) is -0.805. The number of rotatable bonds is 17. The van der Waals surface area contributed by atoms with Crippen molar-refractivity contribution >= 4 is 11.9 Å². The molecule has 0 aromatic carbocycles. The third-order valence-corrected chi connectivity index (χ3v) is 5.17. The van der Waals surface area contributed by atoms with Gasteiger partial charge in [0.15, 0.2) is 6.29 Å². The van der Waals surface area contributed by atoms with Crippen LogP contribution in [0.4, 0.5) is 0 Å². The van der Waals surface area contributed by atoms with Crippen LogP contribution in [0.1, 0.15) is 97.8 Å². The van der Waals surface area contributed by atoms with Gasteiger partial charge in [0.1, 0.15) is 18.8 Å². The van der Waals surface area contributed by atoms with Gasteiger partial charge in [-0.15, -0.1) is 0 Å². The Morgan fingerprint density at radius 3 is 1.90 bits per heavy atom. The molecule has 0 fully saturated rings. The topological polar surface area (TPSA) is 71.1 Å². The first-order chi connectivity index (χ1) is 14.5. The minimum absolute atomic E-state index is 0.0239. The molecule has 0 spiro atoms. The molecule has 0 N–H and O–H groups in total. The quantitative estimate of drug-likeness (QED) is 0.174. The second-order valence-electron chi connectivity index (χ2n) is 8.06. The molecule has 0 aliphatic carbocycles. The predicted molar refractivity (Wildman–Crippen MR) is 117 cm³/mol. The molecule has 0 saturated heterocycles. The first-order valence-corrected chi connectivity index (χ1v) is 11.8. The minimum Gasteiger partial charge on any atom is -0.463 e. The molecule has 1 aliphatic rings. The lowest BCUT2D eigenvalue weighted by atomic mass is 10.1. The summed E-state index contributed by atoms with van der Waals surface area (Å²) in [6.45, 7) is 5.57. The van der Waals surface area contributed by atoms with E-state index >= 15 is 0 Å². The van der Waals surface area contributed by atoms with E-state index in [2.05, 4.69) is 6.92 Å². The van der Waals surface area contributed by atoms with Gasteiger partial charge >= 0.3 is 11.9 Å². The summed E-state index contributed by atoms with van der Waals surface area (Å²) in [5.41, 5.74) is 0. The molecule has 0 bridgehead atoms. The van der Waals surface area contributed by atoms with Gasteiger partial charge in [0.2, 0.25) is 0 Å². The van der Waals surface area contributed by atoms with Crippen LogP contribution >= 0.6 is 0 Å². The SMILES string of the molecule is CCCCCCCCCCCCCCO[C@@H]1C=C[C@H](OC(C)=O)[C@@H](COC(C)=O)O1. The van der Waals surface area contributed by atoms with Crippen molar-refractivity contribution in [3.8, 4) is 0 Å². The van der Waals surface area contributed by atoms with Crippen LogP contribution in [0.3, 0.4) is 0 Å². The monoisotopic (exact) mass is 426 g/mol. The highest BCUT2D eigenvalue weighted by atomic mass is 16.7. The number of hydrogen-bond acceptors (Lipinski definition) is 6. The zero-order valence-electron chi connectivity index (χ0n) is 19.2. The lowest BCUT2D eigenvalue weighted by molar-refractivity contribution is -0.197. The van der Waals surface area contributed by atoms with Crippen molar-refractivity contribution in [3.63, 3.8) is 0 Å². The summed E-state index contributed by atoms with van der Waals surface area (Å²) >= 11 is 0. The second-order valence-corrected chi connectivity index (χ2v) is 8.06.